The molecule has 2 N–H and O–H groups in total. The second-order valence-corrected chi connectivity index (χ2v) is 3.90. The summed E-state index contributed by atoms with van der Waals surface area (Å²) < 4.78 is 26.3. The van der Waals surface area contributed by atoms with Gasteiger partial charge in [-0.15, -0.1) is 0 Å². The third-order valence-electron chi connectivity index (χ3n) is 2.46. The van der Waals surface area contributed by atoms with Crippen LogP contribution in [0.5, 0.6) is 5.75 Å². The van der Waals surface area contributed by atoms with Crippen LogP contribution in [-0.4, -0.2) is 10.1 Å². The van der Waals surface area contributed by atoms with E-state index in [0.29, 0.717) is 5.69 Å². The molecule has 94 valence electrons. The van der Waals surface area contributed by atoms with Crippen LogP contribution >= 0.6 is 0 Å². The molecule has 5 heteroatoms. The number of rotatable bonds is 3. The second-order valence-electron chi connectivity index (χ2n) is 3.90. The summed E-state index contributed by atoms with van der Waals surface area (Å²) >= 11 is 0. The van der Waals surface area contributed by atoms with E-state index in [1.807, 2.05) is 0 Å². The van der Waals surface area contributed by atoms with E-state index in [2.05, 4.69) is 10.3 Å². The fourth-order valence-corrected chi connectivity index (χ4v) is 1.55. The normalized spacial score (nSPS) is 10.4. The maximum atomic E-state index is 13.3. The monoisotopic (exact) mass is 250 g/mol. The summed E-state index contributed by atoms with van der Waals surface area (Å²) in [6, 6.07) is 6.33. The van der Waals surface area contributed by atoms with Crippen molar-refractivity contribution in [1.29, 1.82) is 0 Å². The van der Waals surface area contributed by atoms with Crippen LogP contribution in [0.25, 0.3) is 0 Å². The van der Waals surface area contributed by atoms with Gasteiger partial charge in [0.1, 0.15) is 23.1 Å². The van der Waals surface area contributed by atoms with Crippen molar-refractivity contribution in [1.82, 2.24) is 4.98 Å². The Hall–Kier alpha value is -2.17. The number of hydrogen-bond acceptors (Lipinski definition) is 3. The first-order valence-electron chi connectivity index (χ1n) is 5.40. The molecule has 0 bridgehead atoms. The van der Waals surface area contributed by atoms with Crippen LogP contribution in [0.1, 0.15) is 11.4 Å². The predicted molar refractivity (Wildman–Crippen MR) is 64.3 cm³/mol. The minimum Gasteiger partial charge on any atom is -0.506 e. The largest absolute Gasteiger partial charge is 0.506 e. The van der Waals surface area contributed by atoms with Crippen molar-refractivity contribution in [3.8, 4) is 5.75 Å². The van der Waals surface area contributed by atoms with Gasteiger partial charge in [0.25, 0.3) is 0 Å². The Morgan fingerprint density at radius 2 is 2.00 bits per heavy atom. The van der Waals surface area contributed by atoms with Gasteiger partial charge < -0.3 is 10.4 Å². The molecule has 2 rings (SSSR count). The summed E-state index contributed by atoms with van der Waals surface area (Å²) in [4.78, 5) is 4.11. The fraction of sp³-hybridized carbons (Fsp3) is 0.154. The molecule has 0 aliphatic carbocycles. The van der Waals surface area contributed by atoms with E-state index in [1.165, 1.54) is 6.07 Å². The highest BCUT2D eigenvalue weighted by atomic mass is 19.1. The Bertz CT molecular complexity index is 521. The molecule has 0 saturated carbocycles. The lowest BCUT2D eigenvalue weighted by Gasteiger charge is -2.09. The maximum Gasteiger partial charge on any atom is 0.146 e. The van der Waals surface area contributed by atoms with Crippen molar-refractivity contribution < 1.29 is 13.9 Å². The highest BCUT2D eigenvalue weighted by Gasteiger charge is 2.06. The molecule has 0 saturated heterocycles. The van der Waals surface area contributed by atoms with E-state index < -0.39 is 11.6 Å². The number of pyridine rings is 1. The van der Waals surface area contributed by atoms with Crippen LogP contribution in [0.15, 0.2) is 30.3 Å². The lowest BCUT2D eigenvalue weighted by atomic mass is 10.2. The molecule has 0 aliphatic rings. The summed E-state index contributed by atoms with van der Waals surface area (Å²) in [5, 5.41) is 12.3. The van der Waals surface area contributed by atoms with Gasteiger partial charge in [-0.2, -0.15) is 0 Å². The zero-order valence-electron chi connectivity index (χ0n) is 9.74. The number of hydrogen-bond donors (Lipinski definition) is 2. The third kappa shape index (κ3) is 2.74. The summed E-state index contributed by atoms with van der Waals surface area (Å²) in [7, 11) is 0. The minimum atomic E-state index is -0.552. The first-order chi connectivity index (χ1) is 8.56. The smallest absolute Gasteiger partial charge is 0.146 e. The van der Waals surface area contributed by atoms with Crippen molar-refractivity contribution in [3.05, 3.63) is 53.4 Å². The molecule has 1 aromatic carbocycles. The fourth-order valence-electron chi connectivity index (χ4n) is 1.55. The van der Waals surface area contributed by atoms with Gasteiger partial charge in [0, 0.05) is 5.69 Å². The van der Waals surface area contributed by atoms with Crippen LogP contribution in [0.2, 0.25) is 0 Å². The van der Waals surface area contributed by atoms with Gasteiger partial charge >= 0.3 is 0 Å². The first-order valence-corrected chi connectivity index (χ1v) is 5.40. The van der Waals surface area contributed by atoms with Gasteiger partial charge in [-0.05, 0) is 37.3 Å². The van der Waals surface area contributed by atoms with Gasteiger partial charge in [-0.1, -0.05) is 0 Å². The van der Waals surface area contributed by atoms with E-state index in [1.54, 1.807) is 13.0 Å². The molecule has 0 amide bonds. The highest BCUT2D eigenvalue weighted by Crippen LogP contribution is 2.19. The minimum absolute atomic E-state index is 0.0184. The van der Waals surface area contributed by atoms with Gasteiger partial charge in [-0.25, -0.2) is 8.78 Å². The molecule has 0 fully saturated rings. The van der Waals surface area contributed by atoms with Crippen molar-refractivity contribution in [2.45, 2.75) is 13.5 Å². The molecular weight excluding hydrogens is 238 g/mol. The van der Waals surface area contributed by atoms with Crippen LogP contribution < -0.4 is 5.32 Å². The molecule has 1 heterocycles. The Kier molecular flexibility index (Phi) is 3.41. The zero-order chi connectivity index (χ0) is 13.1. The van der Waals surface area contributed by atoms with Crippen molar-refractivity contribution in [2.24, 2.45) is 0 Å². The number of aromatic nitrogens is 1. The Morgan fingerprint density at radius 3 is 2.78 bits per heavy atom. The second kappa shape index (κ2) is 5.00. The molecule has 0 aliphatic heterocycles. The molecule has 0 unspecified atom stereocenters. The summed E-state index contributed by atoms with van der Waals surface area (Å²) in [5.41, 5.74) is 1.17. The van der Waals surface area contributed by atoms with Gasteiger partial charge in [0.2, 0.25) is 0 Å². The van der Waals surface area contributed by atoms with Gasteiger partial charge in [0.15, 0.2) is 0 Å². The van der Waals surface area contributed by atoms with Crippen molar-refractivity contribution in [3.63, 3.8) is 0 Å². The predicted octanol–water partition coefficient (Wildman–Crippen LogP) is 2.99. The zero-order valence-corrected chi connectivity index (χ0v) is 9.74. The Balaban J connectivity index is 2.16. The Labute approximate surface area is 103 Å². The molecule has 1 aromatic heterocycles. The van der Waals surface area contributed by atoms with E-state index in [9.17, 15) is 13.9 Å². The third-order valence-corrected chi connectivity index (χ3v) is 2.46. The molecule has 0 spiro atoms. The number of anilines is 1. The maximum absolute atomic E-state index is 13.3. The molecule has 18 heavy (non-hydrogen) atoms. The quantitative estimate of drug-likeness (QED) is 0.880. The number of benzene rings is 1. The highest BCUT2D eigenvalue weighted by molar-refractivity contribution is 5.45. The van der Waals surface area contributed by atoms with Crippen LogP contribution in [0.3, 0.4) is 0 Å². The number of halogens is 2. The van der Waals surface area contributed by atoms with E-state index in [4.69, 9.17) is 0 Å². The first kappa shape index (κ1) is 12.3. The number of nitrogens with zero attached hydrogens (tertiary/aromatic N) is 1. The van der Waals surface area contributed by atoms with Crippen LogP contribution in [-0.2, 0) is 6.54 Å². The van der Waals surface area contributed by atoms with Crippen LogP contribution in [0, 0.1) is 18.6 Å². The number of aromatic hydroxyl groups is 1. The standard InChI is InChI=1S/C13H12F2N2O/c1-8-2-5-13(18)12(17-8)7-16-11-6-9(14)3-4-10(11)15/h2-6,16,18H,7H2,1H3. The van der Waals surface area contributed by atoms with Crippen molar-refractivity contribution in [2.75, 3.05) is 5.32 Å². The molecule has 2 aromatic rings. The van der Waals surface area contributed by atoms with E-state index >= 15 is 0 Å². The lowest BCUT2D eigenvalue weighted by Crippen LogP contribution is -2.04. The lowest BCUT2D eigenvalue weighted by molar-refractivity contribution is 0.464. The Morgan fingerprint density at radius 1 is 1.22 bits per heavy atom. The summed E-state index contributed by atoms with van der Waals surface area (Å²) in [6.45, 7) is 1.90. The SMILES string of the molecule is Cc1ccc(O)c(CNc2cc(F)ccc2F)n1. The van der Waals surface area contributed by atoms with Crippen molar-refractivity contribution >= 4 is 5.69 Å². The molecular formula is C13H12F2N2O. The summed E-state index contributed by atoms with van der Waals surface area (Å²) in [5.74, 6) is -1.06. The molecule has 0 radical (unpaired) electrons. The van der Waals surface area contributed by atoms with Crippen LogP contribution in [0.4, 0.5) is 14.5 Å². The number of aryl methyl sites for hydroxylation is 1. The molecule has 3 nitrogen and oxygen atoms in total. The summed E-state index contributed by atoms with van der Waals surface area (Å²) in [6.07, 6.45) is 0. The average Bonchev–Trinajstić information content (AvgIpc) is 2.34. The van der Waals surface area contributed by atoms with E-state index in [-0.39, 0.29) is 18.0 Å². The van der Waals surface area contributed by atoms with Gasteiger partial charge in [-0.3, -0.25) is 4.98 Å². The topological polar surface area (TPSA) is 45.1 Å². The number of nitrogens with one attached hydrogen (secondary N) is 1. The van der Waals surface area contributed by atoms with Gasteiger partial charge in [0.05, 0.1) is 12.2 Å². The molecule has 0 atom stereocenters. The average molecular weight is 250 g/mol. The van der Waals surface area contributed by atoms with E-state index in [0.717, 1.165) is 23.9 Å².